The second-order valence-electron chi connectivity index (χ2n) is 8.24. The molecular formula is C26H11Br6N5. The summed E-state index contributed by atoms with van der Waals surface area (Å²) in [6.45, 7) is 6.22. The lowest BCUT2D eigenvalue weighted by atomic mass is 10.0. The van der Waals surface area contributed by atoms with Gasteiger partial charge in [-0.1, -0.05) is 22.5 Å². The van der Waals surface area contributed by atoms with Crippen LogP contribution < -0.4 is 0 Å². The van der Waals surface area contributed by atoms with E-state index in [-0.39, 0.29) is 0 Å². The Labute approximate surface area is 261 Å². The third-order valence-electron chi connectivity index (χ3n) is 6.01. The number of nitrogens with zero attached hydrogens (tertiary/aromatic N) is 5. The Morgan fingerprint density at radius 3 is 1.49 bits per heavy atom. The van der Waals surface area contributed by atoms with Crippen molar-refractivity contribution in [3.63, 3.8) is 0 Å². The molecule has 3 aromatic carbocycles. The standard InChI is InChI=1S/C26H11Br6N5/c1-9-11(27)3-4-12(28)17(9)33-18-10(2)19-25(35-21-14(30)6-5-13(29)20(21)34-19)26-24(18)36-22-15(31)7-8-16(32)23(22)37-26/h3-8H,1H2,2H3. The molecule has 5 aromatic rings. The number of hydrogen-bond donors (Lipinski definition) is 0. The van der Waals surface area contributed by atoms with Gasteiger partial charge >= 0.3 is 0 Å². The minimum atomic E-state index is 0.614. The van der Waals surface area contributed by atoms with E-state index in [0.717, 1.165) is 60.1 Å². The Morgan fingerprint density at radius 2 is 0.973 bits per heavy atom. The van der Waals surface area contributed by atoms with Gasteiger partial charge in [0.2, 0.25) is 0 Å². The third-order valence-corrected chi connectivity index (χ3v) is 9.95. The highest BCUT2D eigenvalue weighted by Crippen LogP contribution is 2.41. The zero-order valence-corrected chi connectivity index (χ0v) is 28.2. The molecule has 0 unspecified atom stereocenters. The summed E-state index contributed by atoms with van der Waals surface area (Å²) in [4.78, 5) is 25.3. The lowest BCUT2D eigenvalue weighted by Crippen LogP contribution is -2.06. The molecule has 5 nitrogen and oxygen atoms in total. The monoisotopic (exact) mass is 867 g/mol. The van der Waals surface area contributed by atoms with Crippen molar-refractivity contribution in [2.75, 3.05) is 0 Å². The minimum Gasteiger partial charge on any atom is -0.244 e. The Bertz CT molecular complexity index is 1970. The van der Waals surface area contributed by atoms with Crippen molar-refractivity contribution in [2.45, 2.75) is 6.92 Å². The molecule has 37 heavy (non-hydrogen) atoms. The summed E-state index contributed by atoms with van der Waals surface area (Å²) in [6, 6.07) is 7.78. The Kier molecular flexibility index (Phi) is 6.77. The summed E-state index contributed by atoms with van der Waals surface area (Å²) in [6.07, 6.45) is 3.87. The van der Waals surface area contributed by atoms with Gasteiger partial charge in [0.15, 0.2) is 0 Å². The predicted octanol–water partition coefficient (Wildman–Crippen LogP) is 10.4. The predicted molar refractivity (Wildman–Crippen MR) is 173 cm³/mol. The number of aliphatic imine (C=N–C) groups is 1. The van der Waals surface area contributed by atoms with Gasteiger partial charge in [-0.2, -0.15) is 0 Å². The van der Waals surface area contributed by atoms with E-state index in [2.05, 4.69) is 102 Å². The molecule has 0 atom stereocenters. The second-order valence-corrected chi connectivity index (χ2v) is 13.4. The number of fused-ring (bicyclic) bond motifs is 5. The van der Waals surface area contributed by atoms with Crippen LogP contribution in [0.1, 0.15) is 5.56 Å². The maximum absolute atomic E-state index is 5.10. The maximum atomic E-state index is 5.10. The van der Waals surface area contributed by atoms with Crippen LogP contribution in [0.25, 0.3) is 44.1 Å². The van der Waals surface area contributed by atoms with Gasteiger partial charge < -0.3 is 0 Å². The minimum absolute atomic E-state index is 0.614. The summed E-state index contributed by atoms with van der Waals surface area (Å²) in [5.41, 5.74) is 8.48. The van der Waals surface area contributed by atoms with E-state index >= 15 is 0 Å². The molecule has 0 fully saturated rings. The van der Waals surface area contributed by atoms with Crippen LogP contribution in [0, 0.1) is 6.92 Å². The molecule has 0 saturated heterocycles. The number of aryl methyl sites for hydroxylation is 1. The first-order valence-corrected chi connectivity index (χ1v) is 15.5. The van der Waals surface area contributed by atoms with Crippen LogP contribution >= 0.6 is 95.6 Å². The van der Waals surface area contributed by atoms with Gasteiger partial charge in [-0.05, 0) is 123 Å². The number of rotatable bonds is 1. The molecule has 0 spiro atoms. The third kappa shape index (κ3) is 4.21. The summed E-state index contributed by atoms with van der Waals surface area (Å²) in [7, 11) is 0. The van der Waals surface area contributed by atoms with Gasteiger partial charge in [-0.3, -0.25) is 0 Å². The lowest BCUT2D eigenvalue weighted by Gasteiger charge is -2.16. The highest BCUT2D eigenvalue weighted by molar-refractivity contribution is 9.12. The number of benzene rings is 3. The summed E-state index contributed by atoms with van der Waals surface area (Å²) in [5.74, 6) is 0. The number of hydrogen-bond acceptors (Lipinski definition) is 5. The average Bonchev–Trinajstić information content (AvgIpc) is 2.89. The second kappa shape index (κ2) is 9.67. The van der Waals surface area contributed by atoms with Gasteiger partial charge in [0.05, 0.1) is 16.9 Å². The summed E-state index contributed by atoms with van der Waals surface area (Å²) in [5, 5.41) is 0. The van der Waals surface area contributed by atoms with Crippen molar-refractivity contribution in [1.82, 2.24) is 19.9 Å². The van der Waals surface area contributed by atoms with Crippen LogP contribution in [0.2, 0.25) is 0 Å². The molecule has 1 aliphatic rings. The molecule has 182 valence electrons. The lowest BCUT2D eigenvalue weighted by molar-refractivity contribution is 1.30. The molecule has 2 aromatic heterocycles. The molecule has 0 amide bonds. The molecular weight excluding hydrogens is 862 g/mol. The van der Waals surface area contributed by atoms with E-state index in [1.165, 1.54) is 0 Å². The van der Waals surface area contributed by atoms with Crippen molar-refractivity contribution >= 4 is 151 Å². The van der Waals surface area contributed by atoms with E-state index < -0.39 is 0 Å². The topological polar surface area (TPSA) is 63.9 Å². The summed E-state index contributed by atoms with van der Waals surface area (Å²) >= 11 is 21.8. The quantitative estimate of drug-likeness (QED) is 0.124. The fourth-order valence-electron chi connectivity index (χ4n) is 4.14. The normalized spacial score (nSPS) is 15.3. The van der Waals surface area contributed by atoms with Gasteiger partial charge in [-0.25, -0.2) is 24.9 Å². The highest BCUT2D eigenvalue weighted by atomic mass is 79.9. The van der Waals surface area contributed by atoms with Crippen LogP contribution in [0.4, 0.5) is 5.69 Å². The van der Waals surface area contributed by atoms with Crippen molar-refractivity contribution < 1.29 is 0 Å². The largest absolute Gasteiger partial charge is 0.244 e. The van der Waals surface area contributed by atoms with Crippen molar-refractivity contribution in [1.29, 1.82) is 0 Å². The van der Waals surface area contributed by atoms with Gasteiger partial charge in [0, 0.05) is 38.0 Å². The zero-order valence-electron chi connectivity index (χ0n) is 18.7. The first-order valence-electron chi connectivity index (χ1n) is 10.7. The van der Waals surface area contributed by atoms with E-state index in [1.807, 2.05) is 43.3 Å². The number of halogens is 6. The average molecular weight is 873 g/mol. The summed E-state index contributed by atoms with van der Waals surface area (Å²) < 4.78 is 5.05. The molecule has 0 N–H and O–H groups in total. The van der Waals surface area contributed by atoms with E-state index in [1.54, 1.807) is 0 Å². The zero-order chi connectivity index (χ0) is 26.2. The molecule has 6 rings (SSSR count). The number of allylic oxidation sites excluding steroid dienone is 5. The van der Waals surface area contributed by atoms with Crippen LogP contribution in [-0.4, -0.2) is 25.6 Å². The first-order chi connectivity index (χ1) is 17.7. The van der Waals surface area contributed by atoms with Gasteiger partial charge in [-0.15, -0.1) is 0 Å². The van der Waals surface area contributed by atoms with Gasteiger partial charge in [0.25, 0.3) is 0 Å². The van der Waals surface area contributed by atoms with Crippen molar-refractivity contribution in [3.05, 3.63) is 81.0 Å². The van der Waals surface area contributed by atoms with Crippen LogP contribution in [0.3, 0.4) is 0 Å². The van der Waals surface area contributed by atoms with Gasteiger partial charge in [0.1, 0.15) is 38.6 Å². The molecule has 2 heterocycles. The smallest absolute Gasteiger partial charge is 0.120 e. The van der Waals surface area contributed by atoms with Crippen molar-refractivity contribution in [3.8, 4) is 0 Å². The van der Waals surface area contributed by atoms with E-state index in [4.69, 9.17) is 24.9 Å². The SMILES string of the molecule is C=C1C(Br)=CC=C(Br)C1=Nc1c(C)c2nc3c(Br)ccc(Br)c3nc2c2nc3c(Br)ccc(Br)c3nc12. The molecule has 1 aliphatic carbocycles. The van der Waals surface area contributed by atoms with Crippen LogP contribution in [-0.2, 0) is 0 Å². The van der Waals surface area contributed by atoms with E-state index in [9.17, 15) is 0 Å². The van der Waals surface area contributed by atoms with Crippen molar-refractivity contribution in [2.24, 2.45) is 4.99 Å². The van der Waals surface area contributed by atoms with E-state index in [0.29, 0.717) is 33.5 Å². The Morgan fingerprint density at radius 1 is 0.568 bits per heavy atom. The highest BCUT2D eigenvalue weighted by Gasteiger charge is 2.23. The van der Waals surface area contributed by atoms with Crippen LogP contribution in [0.15, 0.2) is 80.4 Å². The van der Waals surface area contributed by atoms with Crippen LogP contribution in [0.5, 0.6) is 0 Å². The molecule has 11 heteroatoms. The fourth-order valence-corrected chi connectivity index (χ4v) is 6.56. The Hall–Kier alpha value is -1.37. The first kappa shape index (κ1) is 25.9. The molecule has 0 aliphatic heterocycles. The maximum Gasteiger partial charge on any atom is 0.120 e. The molecule has 0 saturated carbocycles. The number of aromatic nitrogens is 4. The molecule has 0 radical (unpaired) electrons. The Balaban J connectivity index is 1.85. The molecule has 0 bridgehead atoms. The fraction of sp³-hybridized carbons (Fsp3) is 0.0385.